The fourth-order valence-corrected chi connectivity index (χ4v) is 1.37. The summed E-state index contributed by atoms with van der Waals surface area (Å²) in [7, 11) is 0. The number of carbonyl (C=O) groups is 2. The van der Waals surface area contributed by atoms with E-state index in [0.717, 1.165) is 0 Å². The summed E-state index contributed by atoms with van der Waals surface area (Å²) in [6, 6.07) is 5.28. The van der Waals surface area contributed by atoms with Crippen molar-refractivity contribution < 1.29 is 24.9 Å². The fourth-order valence-electron chi connectivity index (χ4n) is 0.995. The molecule has 1 heterocycles. The number of hydrogen-bond acceptors (Lipinski definition) is 6. The zero-order valence-electron chi connectivity index (χ0n) is 9.76. The Hall–Kier alpha value is -2.55. The Kier molecular flexibility index (Phi) is 5.54. The molecule has 1 aromatic heterocycles. The van der Waals surface area contributed by atoms with E-state index in [1.54, 1.807) is 0 Å². The van der Waals surface area contributed by atoms with Crippen molar-refractivity contribution in [2.45, 2.75) is 0 Å². The van der Waals surface area contributed by atoms with Crippen molar-refractivity contribution in [3.63, 3.8) is 0 Å². The van der Waals surface area contributed by atoms with Gasteiger partial charge >= 0.3 is 11.9 Å². The molecule has 9 heteroatoms. The first-order valence-electron chi connectivity index (χ1n) is 5.01. The lowest BCUT2D eigenvalue weighted by Gasteiger charge is -1.97. The molecule has 0 amide bonds. The van der Waals surface area contributed by atoms with E-state index < -0.39 is 11.9 Å². The second-order valence-electron chi connectivity index (χ2n) is 3.28. The van der Waals surface area contributed by atoms with Crippen LogP contribution < -0.4 is 0 Å². The minimum atomic E-state index is -1.09. The topological polar surface area (TPSA) is 134 Å². The summed E-state index contributed by atoms with van der Waals surface area (Å²) >= 11 is 3.00. The summed E-state index contributed by atoms with van der Waals surface area (Å²) in [5.41, 5.74) is 0.0553. The predicted molar refractivity (Wildman–Crippen MR) is 69.6 cm³/mol. The van der Waals surface area contributed by atoms with Crippen molar-refractivity contribution in [3.8, 4) is 5.75 Å². The van der Waals surface area contributed by atoms with Gasteiger partial charge in [0.25, 0.3) is 0 Å². The lowest BCUT2D eigenvalue weighted by molar-refractivity contribution is 0.0681. The smallest absolute Gasteiger partial charge is 0.356 e. The highest BCUT2D eigenvalue weighted by Gasteiger charge is 2.04. The van der Waals surface area contributed by atoms with Crippen molar-refractivity contribution in [3.05, 3.63) is 46.2 Å². The summed E-state index contributed by atoms with van der Waals surface area (Å²) in [5, 5.41) is 35.4. The summed E-state index contributed by atoms with van der Waals surface area (Å²) in [6.45, 7) is 0. The van der Waals surface area contributed by atoms with E-state index in [2.05, 4.69) is 31.3 Å². The highest BCUT2D eigenvalue weighted by Crippen LogP contribution is 2.23. The van der Waals surface area contributed by atoms with Gasteiger partial charge in [0.1, 0.15) is 5.75 Å². The maximum Gasteiger partial charge on any atom is 0.356 e. The zero-order chi connectivity index (χ0) is 15.1. The quantitative estimate of drug-likeness (QED) is 0.746. The average molecular weight is 342 g/mol. The monoisotopic (exact) mass is 341 g/mol. The lowest BCUT2D eigenvalue weighted by Crippen LogP contribution is -2.01. The number of carboxylic acid groups (broad SMARTS) is 2. The van der Waals surface area contributed by atoms with E-state index >= 15 is 0 Å². The molecule has 0 spiro atoms. The minimum Gasteiger partial charge on any atom is -0.507 e. The predicted octanol–water partition coefficient (Wildman–Crippen LogP) is 1.42. The number of rotatable bonds is 2. The number of phenolic OH excluding ortho intramolecular Hbond substituents is 1. The molecule has 0 saturated heterocycles. The SMILES string of the molecule is O=C(O)c1ccc(O)c(Br)c1.O=C(O)c1ccnnn1. The Morgan fingerprint density at radius 3 is 2.20 bits per heavy atom. The third-order valence-corrected chi connectivity index (χ3v) is 2.55. The van der Waals surface area contributed by atoms with E-state index in [4.69, 9.17) is 15.3 Å². The van der Waals surface area contributed by atoms with Gasteiger partial charge in [-0.2, -0.15) is 0 Å². The molecule has 20 heavy (non-hydrogen) atoms. The molecule has 2 aromatic rings. The van der Waals surface area contributed by atoms with Crippen LogP contribution in [-0.2, 0) is 0 Å². The van der Waals surface area contributed by atoms with Gasteiger partial charge in [-0.15, -0.1) is 10.2 Å². The van der Waals surface area contributed by atoms with E-state index in [1.807, 2.05) is 0 Å². The Labute approximate surface area is 120 Å². The van der Waals surface area contributed by atoms with Crippen LogP contribution >= 0.6 is 15.9 Å². The fraction of sp³-hybridized carbons (Fsp3) is 0. The summed E-state index contributed by atoms with van der Waals surface area (Å²) < 4.78 is 0.386. The Bertz CT molecular complexity index is 621. The van der Waals surface area contributed by atoms with Crippen LogP contribution in [0.25, 0.3) is 0 Å². The van der Waals surface area contributed by atoms with E-state index in [9.17, 15) is 9.59 Å². The molecule has 0 aliphatic rings. The first-order chi connectivity index (χ1) is 9.41. The van der Waals surface area contributed by atoms with Crippen LogP contribution in [0.2, 0.25) is 0 Å². The highest BCUT2D eigenvalue weighted by atomic mass is 79.9. The second kappa shape index (κ2) is 7.14. The maximum atomic E-state index is 10.4. The van der Waals surface area contributed by atoms with Gasteiger partial charge in [0.2, 0.25) is 0 Å². The van der Waals surface area contributed by atoms with E-state index in [0.29, 0.717) is 4.47 Å². The van der Waals surface area contributed by atoms with Crippen LogP contribution in [0.4, 0.5) is 0 Å². The normalized spacial score (nSPS) is 9.25. The highest BCUT2D eigenvalue weighted by molar-refractivity contribution is 9.10. The van der Waals surface area contributed by atoms with Gasteiger partial charge in [-0.3, -0.25) is 0 Å². The number of aromatic carboxylic acids is 2. The summed E-state index contributed by atoms with van der Waals surface area (Å²) in [6.07, 6.45) is 1.27. The molecular formula is C11H8BrN3O5. The van der Waals surface area contributed by atoms with Crippen LogP contribution in [0.5, 0.6) is 5.75 Å². The van der Waals surface area contributed by atoms with Crippen LogP contribution in [0.1, 0.15) is 20.8 Å². The van der Waals surface area contributed by atoms with Crippen LogP contribution in [-0.4, -0.2) is 42.7 Å². The van der Waals surface area contributed by atoms with Crippen LogP contribution in [0.3, 0.4) is 0 Å². The number of hydrogen-bond donors (Lipinski definition) is 3. The maximum absolute atomic E-state index is 10.4. The van der Waals surface area contributed by atoms with Crippen molar-refractivity contribution in [2.75, 3.05) is 0 Å². The number of aromatic hydroxyl groups is 1. The molecule has 0 fully saturated rings. The number of aromatic nitrogens is 3. The molecule has 3 N–H and O–H groups in total. The molecule has 0 unspecified atom stereocenters. The van der Waals surface area contributed by atoms with Gasteiger partial charge in [-0.25, -0.2) is 9.59 Å². The molecule has 104 valence electrons. The largest absolute Gasteiger partial charge is 0.507 e. The van der Waals surface area contributed by atoms with E-state index in [1.165, 1.54) is 30.5 Å². The van der Waals surface area contributed by atoms with E-state index in [-0.39, 0.29) is 17.0 Å². The van der Waals surface area contributed by atoms with Crippen molar-refractivity contribution in [1.29, 1.82) is 0 Å². The number of phenols is 1. The van der Waals surface area contributed by atoms with Gasteiger partial charge in [0.05, 0.1) is 16.2 Å². The molecule has 0 aliphatic heterocycles. The lowest BCUT2D eigenvalue weighted by atomic mass is 10.2. The molecule has 8 nitrogen and oxygen atoms in total. The molecular weight excluding hydrogens is 334 g/mol. The molecule has 0 bridgehead atoms. The standard InChI is InChI=1S/C7H5BrO3.C4H3N3O2/c8-5-3-4(7(10)11)1-2-6(5)9;8-4(9)3-1-2-5-7-6-3/h1-3,9H,(H,10,11);1-2H,(H,8,9). The van der Waals surface area contributed by atoms with Crippen molar-refractivity contribution in [1.82, 2.24) is 15.4 Å². The Morgan fingerprint density at radius 2 is 1.80 bits per heavy atom. The van der Waals surface area contributed by atoms with Crippen LogP contribution in [0, 0.1) is 0 Å². The van der Waals surface area contributed by atoms with Gasteiger partial charge in [0, 0.05) is 0 Å². The third-order valence-electron chi connectivity index (χ3n) is 1.92. The molecule has 0 atom stereocenters. The summed E-state index contributed by atoms with van der Waals surface area (Å²) in [4.78, 5) is 20.4. The van der Waals surface area contributed by atoms with Gasteiger partial charge < -0.3 is 15.3 Å². The van der Waals surface area contributed by atoms with Gasteiger partial charge in [0.15, 0.2) is 5.69 Å². The molecule has 0 saturated carbocycles. The zero-order valence-corrected chi connectivity index (χ0v) is 11.4. The second-order valence-corrected chi connectivity index (χ2v) is 4.14. The third kappa shape index (κ3) is 4.61. The Morgan fingerprint density at radius 1 is 1.10 bits per heavy atom. The van der Waals surface area contributed by atoms with Crippen LogP contribution in [0.15, 0.2) is 34.9 Å². The first-order valence-corrected chi connectivity index (χ1v) is 5.80. The minimum absolute atomic E-state index is 0.0370. The van der Waals surface area contributed by atoms with Gasteiger partial charge in [-0.05, 0) is 45.4 Å². The molecule has 2 rings (SSSR count). The number of carboxylic acids is 2. The summed E-state index contributed by atoms with van der Waals surface area (Å²) in [5.74, 6) is -2.06. The molecule has 0 radical (unpaired) electrons. The molecule has 1 aromatic carbocycles. The first kappa shape index (κ1) is 15.5. The van der Waals surface area contributed by atoms with Crippen molar-refractivity contribution in [2.24, 2.45) is 0 Å². The number of halogens is 1. The number of benzene rings is 1. The average Bonchev–Trinajstić information content (AvgIpc) is 2.43. The molecule has 0 aliphatic carbocycles. The van der Waals surface area contributed by atoms with Gasteiger partial charge in [-0.1, -0.05) is 0 Å². The Balaban J connectivity index is 0.000000204. The van der Waals surface area contributed by atoms with Crippen molar-refractivity contribution >= 4 is 27.9 Å². The number of nitrogens with zero attached hydrogens (tertiary/aromatic N) is 3.